The first-order chi connectivity index (χ1) is 17.2. The summed E-state index contributed by atoms with van der Waals surface area (Å²) in [6, 6.07) is 8.03. The molecule has 9 heteroatoms. The van der Waals surface area contributed by atoms with E-state index in [1.54, 1.807) is 0 Å². The van der Waals surface area contributed by atoms with E-state index in [-0.39, 0.29) is 28.4 Å². The van der Waals surface area contributed by atoms with Crippen molar-refractivity contribution in [1.29, 1.82) is 0 Å². The first-order valence-electron chi connectivity index (χ1n) is 12.3. The number of benzene rings is 2. The molecule has 2 aromatic carbocycles. The summed E-state index contributed by atoms with van der Waals surface area (Å²) in [6.45, 7) is 9.85. The third-order valence-electron chi connectivity index (χ3n) is 6.61. The van der Waals surface area contributed by atoms with Crippen molar-refractivity contribution in [3.05, 3.63) is 57.6 Å². The molecule has 8 nitrogen and oxygen atoms in total. The van der Waals surface area contributed by atoms with Crippen LogP contribution in [0.3, 0.4) is 0 Å². The summed E-state index contributed by atoms with van der Waals surface area (Å²) in [5, 5.41) is 38.6. The van der Waals surface area contributed by atoms with Gasteiger partial charge in [0, 0.05) is 35.5 Å². The Morgan fingerprint density at radius 1 is 0.895 bits per heavy atom. The number of hydrogen-bond donors (Lipinski definition) is 2. The number of aromatic hydroxyl groups is 2. The maximum Gasteiger partial charge on any atom is 2.00 e. The Morgan fingerprint density at radius 3 is 1.79 bits per heavy atom. The fraction of sp³-hybridized carbons (Fsp3) is 0.448. The van der Waals surface area contributed by atoms with Crippen LogP contribution >= 0.6 is 0 Å². The number of phenolic OH excluding ortho intramolecular Hbond substituents is 2. The molecule has 1 radical (unpaired) electrons. The standard InChI is InChI=1S/C25H30N2O2.2C2H4O2.Co/c1-15-7-17(3)23(28)20(9-15)13-26-22-11-19-5-6-25(22,12-19)27-14-21-10-16(2)8-18(4)24(21)29;2*1-2(3)4;/h7-10,13-14,19,22,28-29H,5-6,11-12H2,1-4H3;2*1H3,(H,3,4);/q;;;+2/p-2. The van der Waals surface area contributed by atoms with Crippen LogP contribution in [0.15, 0.2) is 34.3 Å². The molecule has 2 N–H and O–H groups in total. The fourth-order valence-corrected chi connectivity index (χ4v) is 5.15. The van der Waals surface area contributed by atoms with E-state index in [9.17, 15) is 10.2 Å². The second kappa shape index (κ2) is 14.1. The van der Waals surface area contributed by atoms with Gasteiger partial charge in [-0.3, -0.25) is 9.98 Å². The quantitative estimate of drug-likeness (QED) is 0.544. The van der Waals surface area contributed by atoms with Crippen LogP contribution in [0.5, 0.6) is 11.5 Å². The number of rotatable bonds is 4. The van der Waals surface area contributed by atoms with Crippen molar-refractivity contribution in [1.82, 2.24) is 0 Å². The van der Waals surface area contributed by atoms with Gasteiger partial charge in [0.05, 0.1) is 11.6 Å². The molecule has 2 bridgehead atoms. The number of aliphatic imine (C=N–C) groups is 2. The molecule has 0 spiro atoms. The van der Waals surface area contributed by atoms with Crippen molar-refractivity contribution >= 4 is 24.4 Å². The van der Waals surface area contributed by atoms with Gasteiger partial charge in [0.25, 0.3) is 0 Å². The average Bonchev–Trinajstić information content (AvgIpc) is 3.34. The minimum atomic E-state index is -1.08. The topological polar surface area (TPSA) is 145 Å². The normalized spacial score (nSPS) is 21.3. The molecule has 0 heterocycles. The summed E-state index contributed by atoms with van der Waals surface area (Å²) < 4.78 is 0. The van der Waals surface area contributed by atoms with E-state index in [1.807, 2.05) is 64.4 Å². The van der Waals surface area contributed by atoms with E-state index in [0.29, 0.717) is 17.4 Å². The molecule has 0 saturated heterocycles. The van der Waals surface area contributed by atoms with Gasteiger partial charge in [-0.15, -0.1) is 0 Å². The zero-order valence-electron chi connectivity index (χ0n) is 22.7. The fourth-order valence-electron chi connectivity index (χ4n) is 5.15. The molecular formula is C29H36CoN2O6. The molecule has 2 fully saturated rings. The molecule has 207 valence electrons. The summed E-state index contributed by atoms with van der Waals surface area (Å²) in [5.41, 5.74) is 5.34. The van der Waals surface area contributed by atoms with Crippen molar-refractivity contribution in [3.8, 4) is 11.5 Å². The predicted molar refractivity (Wildman–Crippen MR) is 140 cm³/mol. The Morgan fingerprint density at radius 2 is 1.34 bits per heavy atom. The molecule has 0 aliphatic heterocycles. The number of hydrogen-bond acceptors (Lipinski definition) is 8. The molecule has 0 aromatic heterocycles. The maximum absolute atomic E-state index is 10.4. The van der Waals surface area contributed by atoms with E-state index in [2.05, 4.69) is 0 Å². The largest absolute Gasteiger partial charge is 2.00 e. The smallest absolute Gasteiger partial charge is 0.550 e. The van der Waals surface area contributed by atoms with Crippen molar-refractivity contribution < 1.29 is 46.8 Å². The van der Waals surface area contributed by atoms with E-state index in [1.165, 1.54) is 6.42 Å². The zero-order chi connectivity index (χ0) is 27.9. The van der Waals surface area contributed by atoms with Crippen LogP contribution in [-0.2, 0) is 26.4 Å². The Balaban J connectivity index is 0.000000709. The SMILES string of the molecule is CC(=O)[O-].CC(=O)[O-].Cc1cc(C)c(O)c(C=NC2CC3CCC2(N=Cc2cc(C)cc(C)c2O)C3)c1.[Co+2]. The predicted octanol–water partition coefficient (Wildman–Crippen LogP) is 2.69. The van der Waals surface area contributed by atoms with Gasteiger partial charge < -0.3 is 30.0 Å². The maximum atomic E-state index is 10.4. The van der Waals surface area contributed by atoms with Crippen LogP contribution in [0.4, 0.5) is 0 Å². The number of aryl methyl sites for hydroxylation is 4. The van der Waals surface area contributed by atoms with E-state index in [4.69, 9.17) is 29.8 Å². The van der Waals surface area contributed by atoms with Gasteiger partial charge in [0.2, 0.25) is 0 Å². The van der Waals surface area contributed by atoms with Gasteiger partial charge in [-0.25, -0.2) is 0 Å². The number of nitrogens with zero attached hydrogens (tertiary/aromatic N) is 2. The van der Waals surface area contributed by atoms with Crippen molar-refractivity contribution in [2.45, 2.75) is 78.8 Å². The van der Waals surface area contributed by atoms with E-state index in [0.717, 1.165) is 66.5 Å². The monoisotopic (exact) mass is 567 g/mol. The van der Waals surface area contributed by atoms with Crippen molar-refractivity contribution in [2.75, 3.05) is 0 Å². The van der Waals surface area contributed by atoms with Crippen LogP contribution < -0.4 is 10.2 Å². The van der Waals surface area contributed by atoms with Gasteiger partial charge in [-0.1, -0.05) is 12.1 Å². The molecule has 0 amide bonds. The van der Waals surface area contributed by atoms with E-state index >= 15 is 0 Å². The van der Waals surface area contributed by atoms with Gasteiger partial charge in [0.15, 0.2) is 0 Å². The number of carbonyl (C=O) groups excluding carboxylic acids is 2. The number of carbonyl (C=O) groups is 2. The number of aliphatic carboxylic acids is 2. The molecule has 38 heavy (non-hydrogen) atoms. The number of fused-ring (bicyclic) bond motifs is 2. The number of phenols is 2. The molecular weight excluding hydrogens is 531 g/mol. The summed E-state index contributed by atoms with van der Waals surface area (Å²) in [7, 11) is 0. The van der Waals surface area contributed by atoms with Gasteiger partial charge in [0.1, 0.15) is 11.5 Å². The Hall–Kier alpha value is -3.17. The third kappa shape index (κ3) is 8.99. The van der Waals surface area contributed by atoms with Crippen molar-refractivity contribution in [3.63, 3.8) is 0 Å². The first kappa shape index (κ1) is 32.9. The first-order valence-corrected chi connectivity index (χ1v) is 12.3. The third-order valence-corrected chi connectivity index (χ3v) is 6.61. The summed E-state index contributed by atoms with van der Waals surface area (Å²) in [4.78, 5) is 27.7. The second-order valence-electron chi connectivity index (χ2n) is 10.0. The number of carboxylic acids is 2. The van der Waals surface area contributed by atoms with Crippen LogP contribution in [0, 0.1) is 33.6 Å². The van der Waals surface area contributed by atoms with Gasteiger partial charge in [-0.2, -0.15) is 0 Å². The minimum Gasteiger partial charge on any atom is -0.550 e. The van der Waals surface area contributed by atoms with Crippen LogP contribution in [0.25, 0.3) is 0 Å². The molecule has 2 aliphatic carbocycles. The van der Waals surface area contributed by atoms with Crippen LogP contribution in [0.1, 0.15) is 72.9 Å². The zero-order valence-corrected chi connectivity index (χ0v) is 23.7. The molecule has 3 unspecified atom stereocenters. The van der Waals surface area contributed by atoms with Crippen LogP contribution in [-0.4, -0.2) is 46.2 Å². The molecule has 2 saturated carbocycles. The van der Waals surface area contributed by atoms with E-state index < -0.39 is 11.9 Å². The van der Waals surface area contributed by atoms with Gasteiger partial charge >= 0.3 is 16.8 Å². The molecule has 3 atom stereocenters. The molecule has 2 aromatic rings. The average molecular weight is 568 g/mol. The number of carboxylic acid groups (broad SMARTS) is 2. The summed E-state index contributed by atoms with van der Waals surface area (Å²) >= 11 is 0. The Labute approximate surface area is 234 Å². The Kier molecular flexibility index (Phi) is 12.2. The van der Waals surface area contributed by atoms with Gasteiger partial charge in [-0.05, 0) is 108 Å². The van der Waals surface area contributed by atoms with Crippen molar-refractivity contribution in [2.24, 2.45) is 15.9 Å². The molecule has 4 rings (SSSR count). The second-order valence-corrected chi connectivity index (χ2v) is 10.0. The Bertz CT molecular complexity index is 1190. The van der Waals surface area contributed by atoms with Crippen LogP contribution in [0.2, 0.25) is 0 Å². The minimum absolute atomic E-state index is 0. The summed E-state index contributed by atoms with van der Waals surface area (Å²) in [5.74, 6) is -0.890. The summed E-state index contributed by atoms with van der Waals surface area (Å²) in [6.07, 6.45) is 7.98. The molecule has 2 aliphatic rings.